The molecule has 0 amide bonds. The van der Waals surface area contributed by atoms with Crippen molar-refractivity contribution in [1.82, 2.24) is 0 Å². The van der Waals surface area contributed by atoms with Crippen LogP contribution in [-0.2, 0) is 6.42 Å². The number of methoxy groups -OCH3 is 1. The Bertz CT molecular complexity index is 610. The van der Waals surface area contributed by atoms with Gasteiger partial charge < -0.3 is 14.8 Å². The third-order valence-electron chi connectivity index (χ3n) is 3.71. The molecule has 1 heterocycles. The van der Waals surface area contributed by atoms with Gasteiger partial charge in [0.2, 0.25) is 0 Å². The third-order valence-corrected chi connectivity index (χ3v) is 3.71. The number of anilines is 1. The largest absolute Gasteiger partial charge is 0.496 e. The Morgan fingerprint density at radius 3 is 2.90 bits per heavy atom. The van der Waals surface area contributed by atoms with Gasteiger partial charge in [0.05, 0.1) is 18.8 Å². The minimum atomic E-state index is 0.182. The molecular formula is C17H19NO2. The summed E-state index contributed by atoms with van der Waals surface area (Å²) in [4.78, 5) is 0. The van der Waals surface area contributed by atoms with E-state index in [2.05, 4.69) is 24.4 Å². The highest BCUT2D eigenvalue weighted by molar-refractivity contribution is 5.59. The van der Waals surface area contributed by atoms with Crippen molar-refractivity contribution in [1.29, 1.82) is 0 Å². The fraction of sp³-hybridized carbons (Fsp3) is 0.294. The van der Waals surface area contributed by atoms with Crippen molar-refractivity contribution >= 4 is 5.69 Å². The number of nitrogens with one attached hydrogen (secondary N) is 1. The van der Waals surface area contributed by atoms with Gasteiger partial charge in [-0.3, -0.25) is 0 Å². The van der Waals surface area contributed by atoms with Gasteiger partial charge in [0, 0.05) is 0 Å². The Hall–Kier alpha value is -2.16. The highest BCUT2D eigenvalue weighted by Crippen LogP contribution is 2.34. The standard InChI is InChI=1S/C17H19NO2/c1-3-12-10-13(8-9-16(12)19-2)15-11-20-17-7-5-4-6-14(17)18-15/h4-10,15,18H,3,11H2,1-2H3. The summed E-state index contributed by atoms with van der Waals surface area (Å²) in [6.07, 6.45) is 0.960. The summed E-state index contributed by atoms with van der Waals surface area (Å²) in [6.45, 7) is 2.79. The molecule has 104 valence electrons. The molecule has 3 nitrogen and oxygen atoms in total. The van der Waals surface area contributed by atoms with Crippen molar-refractivity contribution in [2.45, 2.75) is 19.4 Å². The normalized spacial score (nSPS) is 16.8. The minimum Gasteiger partial charge on any atom is -0.496 e. The Labute approximate surface area is 119 Å². The Balaban J connectivity index is 1.88. The van der Waals surface area contributed by atoms with Crippen LogP contribution in [0.2, 0.25) is 0 Å². The van der Waals surface area contributed by atoms with E-state index in [-0.39, 0.29) is 6.04 Å². The predicted octanol–water partition coefficient (Wildman–Crippen LogP) is 3.80. The summed E-state index contributed by atoms with van der Waals surface area (Å²) in [7, 11) is 1.71. The van der Waals surface area contributed by atoms with E-state index in [9.17, 15) is 0 Å². The topological polar surface area (TPSA) is 30.5 Å². The molecular weight excluding hydrogens is 250 g/mol. The van der Waals surface area contributed by atoms with E-state index in [0.717, 1.165) is 23.6 Å². The van der Waals surface area contributed by atoms with Crippen LogP contribution in [0, 0.1) is 0 Å². The average molecular weight is 269 g/mol. The van der Waals surface area contributed by atoms with Crippen LogP contribution in [-0.4, -0.2) is 13.7 Å². The Morgan fingerprint density at radius 2 is 2.10 bits per heavy atom. The van der Waals surface area contributed by atoms with Crippen LogP contribution in [0.1, 0.15) is 24.1 Å². The molecule has 1 aliphatic rings. The molecule has 0 bridgehead atoms. The molecule has 1 aliphatic heterocycles. The average Bonchev–Trinajstić information content (AvgIpc) is 2.53. The number of aryl methyl sites for hydroxylation is 1. The third kappa shape index (κ3) is 2.31. The van der Waals surface area contributed by atoms with E-state index in [4.69, 9.17) is 9.47 Å². The van der Waals surface area contributed by atoms with Crippen LogP contribution in [0.5, 0.6) is 11.5 Å². The van der Waals surface area contributed by atoms with Gasteiger partial charge in [-0.2, -0.15) is 0 Å². The molecule has 0 fully saturated rings. The van der Waals surface area contributed by atoms with Gasteiger partial charge in [-0.05, 0) is 41.8 Å². The van der Waals surface area contributed by atoms with Crippen molar-refractivity contribution in [3.8, 4) is 11.5 Å². The monoisotopic (exact) mass is 269 g/mol. The lowest BCUT2D eigenvalue weighted by atomic mass is 10.0. The number of ether oxygens (including phenoxy) is 2. The first kappa shape index (κ1) is 12.9. The molecule has 2 aromatic carbocycles. The van der Waals surface area contributed by atoms with Crippen LogP contribution in [0.15, 0.2) is 42.5 Å². The number of fused-ring (bicyclic) bond motifs is 1. The number of rotatable bonds is 3. The van der Waals surface area contributed by atoms with E-state index >= 15 is 0 Å². The lowest BCUT2D eigenvalue weighted by Crippen LogP contribution is -2.23. The molecule has 3 heteroatoms. The highest BCUT2D eigenvalue weighted by atomic mass is 16.5. The summed E-state index contributed by atoms with van der Waals surface area (Å²) in [5.74, 6) is 1.88. The van der Waals surface area contributed by atoms with Crippen molar-refractivity contribution in [3.63, 3.8) is 0 Å². The van der Waals surface area contributed by atoms with E-state index < -0.39 is 0 Å². The first-order valence-corrected chi connectivity index (χ1v) is 6.97. The van der Waals surface area contributed by atoms with Crippen LogP contribution in [0.3, 0.4) is 0 Å². The summed E-state index contributed by atoms with van der Waals surface area (Å²) in [5.41, 5.74) is 3.51. The summed E-state index contributed by atoms with van der Waals surface area (Å²) in [6, 6.07) is 14.6. The summed E-state index contributed by atoms with van der Waals surface area (Å²) in [5, 5.41) is 3.54. The van der Waals surface area contributed by atoms with Gasteiger partial charge in [0.15, 0.2) is 0 Å². The number of para-hydroxylation sites is 2. The zero-order valence-electron chi connectivity index (χ0n) is 11.8. The van der Waals surface area contributed by atoms with Gasteiger partial charge in [-0.15, -0.1) is 0 Å². The number of hydrogen-bond acceptors (Lipinski definition) is 3. The van der Waals surface area contributed by atoms with Crippen LogP contribution < -0.4 is 14.8 Å². The smallest absolute Gasteiger partial charge is 0.142 e. The first-order chi connectivity index (χ1) is 9.81. The van der Waals surface area contributed by atoms with Gasteiger partial charge in [-0.25, -0.2) is 0 Å². The molecule has 0 radical (unpaired) electrons. The van der Waals surface area contributed by atoms with Gasteiger partial charge in [0.25, 0.3) is 0 Å². The van der Waals surface area contributed by atoms with Crippen LogP contribution in [0.25, 0.3) is 0 Å². The fourth-order valence-electron chi connectivity index (χ4n) is 2.59. The maximum atomic E-state index is 5.83. The predicted molar refractivity (Wildman–Crippen MR) is 80.7 cm³/mol. The maximum Gasteiger partial charge on any atom is 0.142 e. The van der Waals surface area contributed by atoms with Crippen molar-refractivity contribution in [3.05, 3.63) is 53.6 Å². The Morgan fingerprint density at radius 1 is 1.25 bits per heavy atom. The molecule has 1 atom stereocenters. The second-order valence-electron chi connectivity index (χ2n) is 4.93. The molecule has 0 saturated carbocycles. The minimum absolute atomic E-state index is 0.182. The van der Waals surface area contributed by atoms with Crippen LogP contribution >= 0.6 is 0 Å². The fourth-order valence-corrected chi connectivity index (χ4v) is 2.59. The molecule has 20 heavy (non-hydrogen) atoms. The highest BCUT2D eigenvalue weighted by Gasteiger charge is 2.20. The van der Waals surface area contributed by atoms with E-state index in [0.29, 0.717) is 6.61 Å². The zero-order chi connectivity index (χ0) is 13.9. The zero-order valence-corrected chi connectivity index (χ0v) is 11.8. The molecule has 1 unspecified atom stereocenters. The summed E-state index contributed by atoms with van der Waals surface area (Å²) >= 11 is 0. The van der Waals surface area contributed by atoms with Gasteiger partial charge in [0.1, 0.15) is 18.1 Å². The van der Waals surface area contributed by atoms with Gasteiger partial charge >= 0.3 is 0 Å². The van der Waals surface area contributed by atoms with Crippen molar-refractivity contribution < 1.29 is 9.47 Å². The first-order valence-electron chi connectivity index (χ1n) is 6.97. The number of benzene rings is 2. The van der Waals surface area contributed by atoms with Crippen LogP contribution in [0.4, 0.5) is 5.69 Å². The SMILES string of the molecule is CCc1cc(C2COc3ccccc3N2)ccc1OC. The van der Waals surface area contributed by atoms with E-state index in [1.165, 1.54) is 11.1 Å². The quantitative estimate of drug-likeness (QED) is 0.919. The summed E-state index contributed by atoms with van der Waals surface area (Å²) < 4.78 is 11.2. The number of hydrogen-bond donors (Lipinski definition) is 1. The molecule has 0 aromatic heterocycles. The second kappa shape index (κ2) is 5.45. The molecule has 3 rings (SSSR count). The van der Waals surface area contributed by atoms with Gasteiger partial charge in [-0.1, -0.05) is 25.1 Å². The molecule has 0 spiro atoms. The van der Waals surface area contributed by atoms with E-state index in [1.54, 1.807) is 7.11 Å². The molecule has 0 aliphatic carbocycles. The maximum absolute atomic E-state index is 5.83. The van der Waals surface area contributed by atoms with E-state index in [1.807, 2.05) is 30.3 Å². The lowest BCUT2D eigenvalue weighted by molar-refractivity contribution is 0.286. The molecule has 2 aromatic rings. The van der Waals surface area contributed by atoms with Crippen molar-refractivity contribution in [2.75, 3.05) is 19.0 Å². The molecule has 1 N–H and O–H groups in total. The Kier molecular flexibility index (Phi) is 3.50. The lowest BCUT2D eigenvalue weighted by Gasteiger charge is -2.28. The second-order valence-corrected chi connectivity index (χ2v) is 4.93. The van der Waals surface area contributed by atoms with Crippen molar-refractivity contribution in [2.24, 2.45) is 0 Å². The molecule has 0 saturated heterocycles.